The van der Waals surface area contributed by atoms with Gasteiger partial charge in [0.15, 0.2) is 0 Å². The van der Waals surface area contributed by atoms with Crippen molar-refractivity contribution >= 4 is 17.9 Å². The highest BCUT2D eigenvalue weighted by Crippen LogP contribution is 1.98. The topological polar surface area (TPSA) is 101 Å². The Labute approximate surface area is 91.1 Å². The molecule has 0 fully saturated rings. The van der Waals surface area contributed by atoms with Crippen molar-refractivity contribution in [1.82, 2.24) is 0 Å². The molecule has 1 rings (SSSR count). The van der Waals surface area contributed by atoms with Crippen LogP contribution in [0.15, 0.2) is 30.3 Å². The molecule has 0 aliphatic rings. The molecule has 0 unspecified atom stereocenters. The Bertz CT molecular complexity index is 358. The van der Waals surface area contributed by atoms with Crippen LogP contribution in [0.1, 0.15) is 10.4 Å². The number of ether oxygens (including phenoxy) is 1. The Hall–Kier alpha value is -2.37. The molecule has 1 aromatic carbocycles. The number of carbonyl (C=O) groups is 3. The zero-order valence-electron chi connectivity index (χ0n) is 8.41. The number of hydrogen-bond acceptors (Lipinski definition) is 4. The average Bonchev–Trinajstić information content (AvgIpc) is 2.30. The van der Waals surface area contributed by atoms with Crippen LogP contribution < -0.4 is 0 Å². The molecule has 86 valence electrons. The lowest BCUT2D eigenvalue weighted by atomic mass is 10.2. The van der Waals surface area contributed by atoms with Crippen molar-refractivity contribution in [2.24, 2.45) is 0 Å². The fourth-order valence-corrected chi connectivity index (χ4v) is 0.692. The molecule has 6 nitrogen and oxygen atoms in total. The maximum atomic E-state index is 10.8. The van der Waals surface area contributed by atoms with Crippen LogP contribution in [0.4, 0.5) is 0 Å². The maximum Gasteiger partial charge on any atom is 0.414 e. The molecular weight excluding hydrogens is 216 g/mol. The zero-order chi connectivity index (χ0) is 12.6. The number of benzene rings is 1. The Kier molecular flexibility index (Phi) is 5.96. The Morgan fingerprint density at radius 2 is 1.44 bits per heavy atom. The standard InChI is InChI=1S/C8H8O2.C2H2O4/c1-10-8(9)7-5-3-2-4-6-7;3-1(4)2(5)6/h2-6H,1H3;(H,3,4)(H,5,6). The Morgan fingerprint density at radius 3 is 1.75 bits per heavy atom. The van der Waals surface area contributed by atoms with E-state index < -0.39 is 11.9 Å². The summed E-state index contributed by atoms with van der Waals surface area (Å²) in [5.74, 6) is -3.94. The van der Waals surface area contributed by atoms with Crippen LogP contribution in [-0.4, -0.2) is 35.2 Å². The largest absolute Gasteiger partial charge is 0.473 e. The number of carboxylic acid groups (broad SMARTS) is 2. The first-order valence-electron chi connectivity index (χ1n) is 4.08. The van der Waals surface area contributed by atoms with Crippen LogP contribution in [0.25, 0.3) is 0 Å². The van der Waals surface area contributed by atoms with Crippen molar-refractivity contribution in [3.8, 4) is 0 Å². The third-order valence-electron chi connectivity index (χ3n) is 1.38. The minimum Gasteiger partial charge on any atom is -0.473 e. The van der Waals surface area contributed by atoms with E-state index in [0.717, 1.165) is 0 Å². The van der Waals surface area contributed by atoms with Gasteiger partial charge in [0.25, 0.3) is 0 Å². The average molecular weight is 226 g/mol. The summed E-state index contributed by atoms with van der Waals surface area (Å²) >= 11 is 0. The van der Waals surface area contributed by atoms with Gasteiger partial charge in [-0.1, -0.05) is 18.2 Å². The second-order valence-electron chi connectivity index (χ2n) is 2.47. The minimum absolute atomic E-state index is 0.291. The molecule has 0 atom stereocenters. The molecule has 0 saturated carbocycles. The predicted octanol–water partition coefficient (Wildman–Crippen LogP) is 0.629. The summed E-state index contributed by atoms with van der Waals surface area (Å²) in [5.41, 5.74) is 0.588. The molecule has 6 heteroatoms. The molecule has 0 spiro atoms. The molecule has 2 N–H and O–H groups in total. The smallest absolute Gasteiger partial charge is 0.414 e. The molecule has 16 heavy (non-hydrogen) atoms. The van der Waals surface area contributed by atoms with Crippen LogP contribution in [0.2, 0.25) is 0 Å². The first-order valence-corrected chi connectivity index (χ1v) is 4.08. The summed E-state index contributed by atoms with van der Waals surface area (Å²) < 4.78 is 4.50. The number of carbonyl (C=O) groups excluding carboxylic acids is 1. The lowest BCUT2D eigenvalue weighted by Gasteiger charge is -1.95. The second-order valence-corrected chi connectivity index (χ2v) is 2.47. The number of esters is 1. The van der Waals surface area contributed by atoms with E-state index in [4.69, 9.17) is 19.8 Å². The van der Waals surface area contributed by atoms with Gasteiger partial charge in [-0.25, -0.2) is 14.4 Å². The molecule has 0 amide bonds. The normalized spacial score (nSPS) is 8.31. The molecule has 1 aromatic rings. The maximum absolute atomic E-state index is 10.8. The van der Waals surface area contributed by atoms with Gasteiger partial charge >= 0.3 is 17.9 Å². The molecular formula is C10H10O6. The van der Waals surface area contributed by atoms with Crippen molar-refractivity contribution in [2.45, 2.75) is 0 Å². The van der Waals surface area contributed by atoms with Gasteiger partial charge in [-0.05, 0) is 12.1 Å². The lowest BCUT2D eigenvalue weighted by Crippen LogP contribution is -2.09. The van der Waals surface area contributed by atoms with Crippen molar-refractivity contribution in [1.29, 1.82) is 0 Å². The Morgan fingerprint density at radius 1 is 1.00 bits per heavy atom. The molecule has 0 aromatic heterocycles. The van der Waals surface area contributed by atoms with Crippen molar-refractivity contribution < 1.29 is 29.3 Å². The summed E-state index contributed by atoms with van der Waals surface area (Å²) in [6, 6.07) is 8.88. The summed E-state index contributed by atoms with van der Waals surface area (Å²) in [4.78, 5) is 29.0. The zero-order valence-corrected chi connectivity index (χ0v) is 8.41. The number of carboxylic acids is 2. The molecule has 0 saturated heterocycles. The van der Waals surface area contributed by atoms with Gasteiger partial charge in [-0.3, -0.25) is 0 Å². The molecule has 0 aliphatic carbocycles. The van der Waals surface area contributed by atoms with Gasteiger partial charge in [-0.2, -0.15) is 0 Å². The summed E-state index contributed by atoms with van der Waals surface area (Å²) in [6.07, 6.45) is 0. The van der Waals surface area contributed by atoms with Crippen molar-refractivity contribution in [3.63, 3.8) is 0 Å². The summed E-state index contributed by atoms with van der Waals surface area (Å²) in [5, 5.41) is 14.8. The minimum atomic E-state index is -1.82. The number of methoxy groups -OCH3 is 1. The van der Waals surface area contributed by atoms with Crippen LogP contribution >= 0.6 is 0 Å². The van der Waals surface area contributed by atoms with E-state index >= 15 is 0 Å². The SMILES string of the molecule is COC(=O)c1ccccc1.O=C(O)C(=O)O. The summed E-state index contributed by atoms with van der Waals surface area (Å²) in [6.45, 7) is 0. The van der Waals surface area contributed by atoms with Crippen LogP contribution in [0.5, 0.6) is 0 Å². The second kappa shape index (κ2) is 6.99. The number of hydrogen-bond donors (Lipinski definition) is 2. The highest BCUT2D eigenvalue weighted by molar-refractivity contribution is 6.27. The van der Waals surface area contributed by atoms with Crippen LogP contribution in [0.3, 0.4) is 0 Å². The van der Waals surface area contributed by atoms with Gasteiger partial charge in [0.2, 0.25) is 0 Å². The molecule has 0 radical (unpaired) electrons. The van der Waals surface area contributed by atoms with E-state index in [-0.39, 0.29) is 5.97 Å². The van der Waals surface area contributed by atoms with Gasteiger partial charge in [0.1, 0.15) is 0 Å². The van der Waals surface area contributed by atoms with Gasteiger partial charge in [-0.15, -0.1) is 0 Å². The van der Waals surface area contributed by atoms with E-state index in [1.54, 1.807) is 24.3 Å². The highest BCUT2D eigenvalue weighted by atomic mass is 16.5. The molecule has 0 bridgehead atoms. The number of rotatable bonds is 1. The molecule has 0 heterocycles. The summed E-state index contributed by atoms with van der Waals surface area (Å²) in [7, 11) is 1.37. The number of aliphatic carboxylic acids is 2. The third-order valence-corrected chi connectivity index (χ3v) is 1.38. The van der Waals surface area contributed by atoms with Crippen molar-refractivity contribution in [2.75, 3.05) is 7.11 Å². The third kappa shape index (κ3) is 5.38. The molecule has 0 aliphatic heterocycles. The Balaban J connectivity index is 0.000000325. The van der Waals surface area contributed by atoms with Gasteiger partial charge in [0.05, 0.1) is 12.7 Å². The van der Waals surface area contributed by atoms with E-state index in [1.165, 1.54) is 7.11 Å². The van der Waals surface area contributed by atoms with Crippen molar-refractivity contribution in [3.05, 3.63) is 35.9 Å². The van der Waals surface area contributed by atoms with Crippen LogP contribution in [0, 0.1) is 0 Å². The monoisotopic (exact) mass is 226 g/mol. The first-order chi connectivity index (χ1) is 7.49. The fraction of sp³-hybridized carbons (Fsp3) is 0.100. The highest BCUT2D eigenvalue weighted by Gasteiger charge is 2.04. The van der Waals surface area contributed by atoms with E-state index in [2.05, 4.69) is 4.74 Å². The van der Waals surface area contributed by atoms with Gasteiger partial charge in [0, 0.05) is 0 Å². The van der Waals surface area contributed by atoms with Crippen LogP contribution in [-0.2, 0) is 14.3 Å². The quantitative estimate of drug-likeness (QED) is 0.538. The van der Waals surface area contributed by atoms with E-state index in [0.29, 0.717) is 5.56 Å². The first kappa shape index (κ1) is 13.6. The lowest BCUT2D eigenvalue weighted by molar-refractivity contribution is -0.159. The fourth-order valence-electron chi connectivity index (χ4n) is 0.692. The van der Waals surface area contributed by atoms with Gasteiger partial charge < -0.3 is 14.9 Å². The van der Waals surface area contributed by atoms with E-state index in [9.17, 15) is 4.79 Å². The predicted molar refractivity (Wildman–Crippen MR) is 53.1 cm³/mol. The van der Waals surface area contributed by atoms with E-state index in [1.807, 2.05) is 6.07 Å².